The third kappa shape index (κ3) is 4.70. The second kappa shape index (κ2) is 8.17. The van der Waals surface area contributed by atoms with Crippen LogP contribution in [-0.2, 0) is 4.79 Å². The van der Waals surface area contributed by atoms with E-state index in [1.807, 2.05) is 6.92 Å². The van der Waals surface area contributed by atoms with Crippen LogP contribution < -0.4 is 0 Å². The van der Waals surface area contributed by atoms with Gasteiger partial charge in [0.25, 0.3) is 0 Å². The van der Waals surface area contributed by atoms with E-state index >= 15 is 0 Å². The van der Waals surface area contributed by atoms with Crippen molar-refractivity contribution in [3.05, 3.63) is 47.5 Å². The van der Waals surface area contributed by atoms with Crippen molar-refractivity contribution in [1.29, 1.82) is 0 Å². The lowest BCUT2D eigenvalue weighted by Crippen LogP contribution is -2.22. The molecule has 122 valence electrons. The average Bonchev–Trinajstić information content (AvgIpc) is 3.04. The fourth-order valence-electron chi connectivity index (χ4n) is 2.42. The summed E-state index contributed by atoms with van der Waals surface area (Å²) in [6.45, 7) is 2.00. The van der Waals surface area contributed by atoms with E-state index in [4.69, 9.17) is 0 Å². The van der Waals surface area contributed by atoms with E-state index in [0.717, 1.165) is 12.8 Å². The molecule has 2 unspecified atom stereocenters. The van der Waals surface area contributed by atoms with Crippen molar-refractivity contribution in [3.8, 4) is 0 Å². The Morgan fingerprint density at radius 1 is 1.48 bits per heavy atom. The molecule has 0 bridgehead atoms. The summed E-state index contributed by atoms with van der Waals surface area (Å²) >= 11 is 0. The number of rotatable bonds is 8. The van der Waals surface area contributed by atoms with Crippen molar-refractivity contribution in [3.63, 3.8) is 0 Å². The van der Waals surface area contributed by atoms with Crippen LogP contribution in [0.25, 0.3) is 6.08 Å². The zero-order valence-corrected chi connectivity index (χ0v) is 12.8. The molecule has 1 heterocycles. The number of carbonyl (C=O) groups is 1. The van der Waals surface area contributed by atoms with Gasteiger partial charge in [-0.15, -0.1) is 10.2 Å². The van der Waals surface area contributed by atoms with E-state index < -0.39 is 17.8 Å². The summed E-state index contributed by atoms with van der Waals surface area (Å²) in [5.41, 5.74) is 0.651. The monoisotopic (exact) mass is 318 g/mol. The number of carboxylic acid groups (broad SMARTS) is 1. The molecule has 23 heavy (non-hydrogen) atoms. The van der Waals surface area contributed by atoms with Crippen LogP contribution in [0.15, 0.2) is 30.3 Å². The first-order valence-corrected chi connectivity index (χ1v) is 7.51. The molecule has 2 atom stereocenters. The second-order valence-corrected chi connectivity index (χ2v) is 5.30. The standard InChI is InChI=1S/C16H19FN4O2/c1-2-3-7-14(16(22)23)13(15-18-20-21-19-15)9-8-11-5-4-6-12(17)10-11/h4-6,8-10,13-14H,2-3,7H2,1H3,(H,22,23)(H,18,19,20,21). The molecule has 2 N–H and O–H groups in total. The largest absolute Gasteiger partial charge is 0.481 e. The zero-order chi connectivity index (χ0) is 16.7. The maximum Gasteiger partial charge on any atom is 0.307 e. The lowest BCUT2D eigenvalue weighted by Gasteiger charge is -2.18. The molecule has 0 fully saturated rings. The summed E-state index contributed by atoms with van der Waals surface area (Å²) in [5.74, 6) is -2.11. The van der Waals surface area contributed by atoms with Gasteiger partial charge in [0.05, 0.1) is 11.8 Å². The average molecular weight is 318 g/mol. The Balaban J connectivity index is 2.28. The van der Waals surface area contributed by atoms with Crippen LogP contribution in [0.1, 0.15) is 43.5 Å². The van der Waals surface area contributed by atoms with Crippen molar-refractivity contribution < 1.29 is 14.3 Å². The molecule has 0 amide bonds. The van der Waals surface area contributed by atoms with Crippen LogP contribution >= 0.6 is 0 Å². The number of H-pyrrole nitrogens is 1. The SMILES string of the molecule is CCCCC(C(=O)O)C(C=Cc1cccc(F)c1)c1nn[nH]n1. The number of carboxylic acids is 1. The molecular weight excluding hydrogens is 299 g/mol. The van der Waals surface area contributed by atoms with Gasteiger partial charge < -0.3 is 5.11 Å². The zero-order valence-electron chi connectivity index (χ0n) is 12.8. The second-order valence-electron chi connectivity index (χ2n) is 5.30. The molecule has 0 saturated heterocycles. The van der Waals surface area contributed by atoms with Gasteiger partial charge in [-0.3, -0.25) is 4.79 Å². The molecule has 1 aromatic carbocycles. The Bertz CT molecular complexity index is 658. The number of unbranched alkanes of at least 4 members (excludes halogenated alkanes) is 1. The van der Waals surface area contributed by atoms with Crippen molar-refractivity contribution in [2.75, 3.05) is 0 Å². The van der Waals surface area contributed by atoms with Gasteiger partial charge in [0.15, 0.2) is 5.82 Å². The van der Waals surface area contributed by atoms with E-state index in [2.05, 4.69) is 20.6 Å². The number of nitrogens with zero attached hydrogens (tertiary/aromatic N) is 3. The summed E-state index contributed by atoms with van der Waals surface area (Å²) in [6, 6.07) is 6.08. The van der Waals surface area contributed by atoms with Gasteiger partial charge in [0, 0.05) is 0 Å². The molecule has 0 aliphatic rings. The van der Waals surface area contributed by atoms with E-state index in [1.165, 1.54) is 12.1 Å². The van der Waals surface area contributed by atoms with Crippen molar-refractivity contribution in [1.82, 2.24) is 20.6 Å². The Kier molecular flexibility index (Phi) is 5.96. The third-order valence-corrected chi connectivity index (χ3v) is 3.62. The number of aliphatic carboxylic acids is 1. The summed E-state index contributed by atoms with van der Waals surface area (Å²) in [5, 5.41) is 23.2. The van der Waals surface area contributed by atoms with Gasteiger partial charge in [0.1, 0.15) is 5.82 Å². The lowest BCUT2D eigenvalue weighted by atomic mass is 9.86. The molecule has 0 aliphatic carbocycles. The number of nitrogens with one attached hydrogen (secondary N) is 1. The van der Waals surface area contributed by atoms with Gasteiger partial charge in [-0.25, -0.2) is 4.39 Å². The number of benzene rings is 1. The molecule has 7 heteroatoms. The Labute approximate surface area is 133 Å². The van der Waals surface area contributed by atoms with Crippen LogP contribution in [0.5, 0.6) is 0 Å². The first-order chi connectivity index (χ1) is 11.1. The van der Waals surface area contributed by atoms with Gasteiger partial charge >= 0.3 is 5.97 Å². The summed E-state index contributed by atoms with van der Waals surface area (Å²) < 4.78 is 13.3. The highest BCUT2D eigenvalue weighted by Crippen LogP contribution is 2.28. The number of hydrogen-bond donors (Lipinski definition) is 2. The van der Waals surface area contributed by atoms with Crippen molar-refractivity contribution in [2.24, 2.45) is 5.92 Å². The minimum atomic E-state index is -0.905. The topological polar surface area (TPSA) is 91.8 Å². The molecule has 2 rings (SSSR count). The Morgan fingerprint density at radius 2 is 2.30 bits per heavy atom. The van der Waals surface area contributed by atoms with Gasteiger partial charge in [-0.05, 0) is 24.1 Å². The normalized spacial score (nSPS) is 14.0. The lowest BCUT2D eigenvalue weighted by molar-refractivity contribution is -0.142. The molecule has 1 aromatic heterocycles. The third-order valence-electron chi connectivity index (χ3n) is 3.62. The fraction of sp³-hybridized carbons (Fsp3) is 0.375. The van der Waals surface area contributed by atoms with E-state index in [9.17, 15) is 14.3 Å². The molecule has 0 spiro atoms. The van der Waals surface area contributed by atoms with E-state index in [-0.39, 0.29) is 5.82 Å². The Morgan fingerprint density at radius 3 is 2.91 bits per heavy atom. The van der Waals surface area contributed by atoms with Crippen molar-refractivity contribution in [2.45, 2.75) is 32.1 Å². The van der Waals surface area contributed by atoms with Crippen molar-refractivity contribution >= 4 is 12.0 Å². The number of tetrazole rings is 1. The van der Waals surface area contributed by atoms with Crippen LogP contribution in [0.4, 0.5) is 4.39 Å². The highest BCUT2D eigenvalue weighted by Gasteiger charge is 2.30. The molecule has 2 aromatic rings. The fourth-order valence-corrected chi connectivity index (χ4v) is 2.42. The van der Waals surface area contributed by atoms with Gasteiger partial charge in [-0.1, -0.05) is 49.3 Å². The first-order valence-electron chi connectivity index (χ1n) is 7.51. The van der Waals surface area contributed by atoms with Gasteiger partial charge in [0.2, 0.25) is 0 Å². The quantitative estimate of drug-likeness (QED) is 0.780. The van der Waals surface area contributed by atoms with E-state index in [0.29, 0.717) is 17.8 Å². The summed E-state index contributed by atoms with van der Waals surface area (Å²) in [7, 11) is 0. The highest BCUT2D eigenvalue weighted by molar-refractivity contribution is 5.72. The first kappa shape index (κ1) is 16.8. The molecule has 0 saturated carbocycles. The van der Waals surface area contributed by atoms with E-state index in [1.54, 1.807) is 24.3 Å². The number of allylic oxidation sites excluding steroid dienone is 1. The summed E-state index contributed by atoms with van der Waals surface area (Å²) in [6.07, 6.45) is 5.59. The van der Waals surface area contributed by atoms with Crippen LogP contribution in [0, 0.1) is 11.7 Å². The number of aromatic amines is 1. The maximum atomic E-state index is 13.3. The predicted molar refractivity (Wildman–Crippen MR) is 83.0 cm³/mol. The highest BCUT2D eigenvalue weighted by atomic mass is 19.1. The number of hydrogen-bond acceptors (Lipinski definition) is 4. The minimum absolute atomic E-state index is 0.321. The van der Waals surface area contributed by atoms with Crippen LogP contribution in [0.3, 0.4) is 0 Å². The summed E-state index contributed by atoms with van der Waals surface area (Å²) in [4.78, 5) is 11.6. The van der Waals surface area contributed by atoms with Crippen LogP contribution in [-0.4, -0.2) is 31.7 Å². The maximum absolute atomic E-state index is 13.3. The minimum Gasteiger partial charge on any atom is -0.481 e. The molecular formula is C16H19FN4O2. The molecule has 6 nitrogen and oxygen atoms in total. The predicted octanol–water partition coefficient (Wildman–Crippen LogP) is 3.03. The van der Waals surface area contributed by atoms with Crippen LogP contribution in [0.2, 0.25) is 0 Å². The smallest absolute Gasteiger partial charge is 0.307 e. The molecule has 0 radical (unpaired) electrons. The molecule has 0 aliphatic heterocycles. The Hall–Kier alpha value is -2.57. The number of aromatic nitrogens is 4. The number of halogens is 1. The van der Waals surface area contributed by atoms with Gasteiger partial charge in [-0.2, -0.15) is 5.21 Å².